The number of fused-ring (bicyclic) bond motifs is 1. The molecule has 0 bridgehead atoms. The van der Waals surface area contributed by atoms with E-state index in [1.54, 1.807) is 23.1 Å². The number of morpholine rings is 1. The summed E-state index contributed by atoms with van der Waals surface area (Å²) in [5, 5.41) is 2.83. The highest BCUT2D eigenvalue weighted by Crippen LogP contribution is 2.29. The summed E-state index contributed by atoms with van der Waals surface area (Å²) in [6, 6.07) is 4.89. The second-order valence-electron chi connectivity index (χ2n) is 7.86. The monoisotopic (exact) mass is 421 g/mol. The zero-order chi connectivity index (χ0) is 20.4. The molecule has 4 rings (SSSR count). The highest BCUT2D eigenvalue weighted by atomic mass is 32.2. The van der Waals surface area contributed by atoms with E-state index >= 15 is 0 Å². The first-order valence-corrected chi connectivity index (χ1v) is 11.7. The highest BCUT2D eigenvalue weighted by molar-refractivity contribution is 7.89. The molecule has 0 aromatic heterocycles. The van der Waals surface area contributed by atoms with Crippen LogP contribution in [-0.2, 0) is 30.8 Å². The maximum Gasteiger partial charge on any atom is 0.243 e. The Bertz CT molecular complexity index is 895. The number of hydrogen-bond donors (Lipinski definition) is 1. The Hall–Kier alpha value is -1.97. The van der Waals surface area contributed by atoms with Crippen LogP contribution in [0.15, 0.2) is 23.1 Å². The Balaban J connectivity index is 1.51. The van der Waals surface area contributed by atoms with E-state index in [1.807, 2.05) is 0 Å². The van der Waals surface area contributed by atoms with Crippen LogP contribution in [-0.4, -0.2) is 68.8 Å². The van der Waals surface area contributed by atoms with Gasteiger partial charge in [-0.3, -0.25) is 9.59 Å². The van der Waals surface area contributed by atoms with Crippen LogP contribution in [0.1, 0.15) is 31.2 Å². The summed E-state index contributed by atoms with van der Waals surface area (Å²) in [4.78, 5) is 26.6. The van der Waals surface area contributed by atoms with Crippen molar-refractivity contribution in [2.75, 3.05) is 44.7 Å². The molecule has 8 nitrogen and oxygen atoms in total. The van der Waals surface area contributed by atoms with Gasteiger partial charge in [0.15, 0.2) is 0 Å². The van der Waals surface area contributed by atoms with Crippen molar-refractivity contribution in [3.8, 4) is 0 Å². The summed E-state index contributed by atoms with van der Waals surface area (Å²) in [5.41, 5.74) is 1.53. The summed E-state index contributed by atoms with van der Waals surface area (Å²) < 4.78 is 33.3. The number of benzene rings is 1. The molecule has 1 aromatic rings. The number of ether oxygens (including phenoxy) is 1. The summed E-state index contributed by atoms with van der Waals surface area (Å²) in [6.07, 6.45) is 3.17. The molecule has 9 heteroatoms. The maximum absolute atomic E-state index is 13.3. The van der Waals surface area contributed by atoms with Gasteiger partial charge >= 0.3 is 0 Å². The number of aryl methyl sites for hydroxylation is 1. The third-order valence-corrected chi connectivity index (χ3v) is 7.76. The second-order valence-corrected chi connectivity index (χ2v) is 9.80. The zero-order valence-electron chi connectivity index (χ0n) is 16.4. The van der Waals surface area contributed by atoms with Crippen molar-refractivity contribution < 1.29 is 22.7 Å². The van der Waals surface area contributed by atoms with E-state index in [2.05, 4.69) is 5.32 Å². The number of anilines is 1. The van der Waals surface area contributed by atoms with Crippen molar-refractivity contribution in [1.29, 1.82) is 0 Å². The van der Waals surface area contributed by atoms with E-state index in [9.17, 15) is 18.0 Å². The van der Waals surface area contributed by atoms with Crippen LogP contribution < -0.4 is 5.32 Å². The molecular weight excluding hydrogens is 394 g/mol. The number of sulfonamides is 1. The molecule has 3 aliphatic rings. The Morgan fingerprint density at radius 3 is 2.69 bits per heavy atom. The van der Waals surface area contributed by atoms with Crippen molar-refractivity contribution >= 4 is 27.5 Å². The molecular formula is C20H27N3O5S. The molecule has 3 aliphatic heterocycles. The van der Waals surface area contributed by atoms with Crippen LogP contribution in [0.2, 0.25) is 0 Å². The van der Waals surface area contributed by atoms with Gasteiger partial charge in [-0.2, -0.15) is 4.31 Å². The van der Waals surface area contributed by atoms with Crippen molar-refractivity contribution in [1.82, 2.24) is 9.21 Å². The van der Waals surface area contributed by atoms with E-state index < -0.39 is 10.0 Å². The minimum absolute atomic E-state index is 0.0258. The van der Waals surface area contributed by atoms with Gasteiger partial charge < -0.3 is 15.0 Å². The normalized spacial score (nSPS) is 23.8. The van der Waals surface area contributed by atoms with Gasteiger partial charge in [0.05, 0.1) is 24.0 Å². The van der Waals surface area contributed by atoms with E-state index in [0.29, 0.717) is 70.6 Å². The van der Waals surface area contributed by atoms with Gasteiger partial charge in [-0.05, 0) is 49.4 Å². The number of rotatable bonds is 3. The first kappa shape index (κ1) is 20.3. The number of hydrogen-bond acceptors (Lipinski definition) is 5. The molecule has 1 atom stereocenters. The van der Waals surface area contributed by atoms with E-state index in [-0.39, 0.29) is 29.2 Å². The predicted molar refractivity (Wildman–Crippen MR) is 107 cm³/mol. The molecule has 0 radical (unpaired) electrons. The standard InChI is InChI=1S/C20H27N3O5S/c24-19-5-1-3-15-13-17(6-7-18(15)21-19)29(26,27)23-8-2-4-16(14-23)20(25)22-9-11-28-12-10-22/h6-7,13,16H,1-5,8-12,14H2,(H,21,24)/t16-/m0/s1. The fraction of sp³-hybridized carbons (Fsp3) is 0.600. The van der Waals surface area contributed by atoms with Gasteiger partial charge in [-0.15, -0.1) is 0 Å². The van der Waals surface area contributed by atoms with Gasteiger partial charge in [-0.25, -0.2) is 8.42 Å². The van der Waals surface area contributed by atoms with Crippen LogP contribution >= 0.6 is 0 Å². The smallest absolute Gasteiger partial charge is 0.243 e. The number of nitrogens with one attached hydrogen (secondary N) is 1. The molecule has 2 amide bonds. The number of carbonyl (C=O) groups excluding carboxylic acids is 2. The lowest BCUT2D eigenvalue weighted by Gasteiger charge is -2.35. The van der Waals surface area contributed by atoms with Crippen LogP contribution in [0.3, 0.4) is 0 Å². The third-order valence-electron chi connectivity index (χ3n) is 5.89. The van der Waals surface area contributed by atoms with E-state index in [1.165, 1.54) is 4.31 Å². The molecule has 158 valence electrons. The first-order valence-electron chi connectivity index (χ1n) is 10.2. The quantitative estimate of drug-likeness (QED) is 0.792. The second kappa shape index (κ2) is 8.41. The Labute approximate surface area is 171 Å². The topological polar surface area (TPSA) is 96.0 Å². The fourth-order valence-electron chi connectivity index (χ4n) is 4.26. The molecule has 0 saturated carbocycles. The lowest BCUT2D eigenvalue weighted by Crippen LogP contribution is -2.49. The van der Waals surface area contributed by atoms with Crippen LogP contribution in [0.5, 0.6) is 0 Å². The number of amides is 2. The first-order chi connectivity index (χ1) is 13.9. The molecule has 1 aromatic carbocycles. The van der Waals surface area contributed by atoms with Crippen LogP contribution in [0.4, 0.5) is 5.69 Å². The highest BCUT2D eigenvalue weighted by Gasteiger charge is 2.35. The molecule has 2 fully saturated rings. The zero-order valence-corrected chi connectivity index (χ0v) is 17.2. The van der Waals surface area contributed by atoms with Crippen molar-refractivity contribution in [3.63, 3.8) is 0 Å². The third kappa shape index (κ3) is 4.31. The van der Waals surface area contributed by atoms with Crippen molar-refractivity contribution in [2.45, 2.75) is 37.0 Å². The Morgan fingerprint density at radius 2 is 1.90 bits per heavy atom. The Morgan fingerprint density at radius 1 is 1.10 bits per heavy atom. The number of piperidine rings is 1. The van der Waals surface area contributed by atoms with Gasteiger partial charge in [-0.1, -0.05) is 0 Å². The lowest BCUT2D eigenvalue weighted by molar-refractivity contribution is -0.140. The van der Waals surface area contributed by atoms with E-state index in [4.69, 9.17) is 4.74 Å². The van der Waals surface area contributed by atoms with Crippen LogP contribution in [0, 0.1) is 5.92 Å². The molecule has 0 spiro atoms. The largest absolute Gasteiger partial charge is 0.378 e. The molecule has 0 aliphatic carbocycles. The lowest BCUT2D eigenvalue weighted by atomic mass is 9.98. The SMILES string of the molecule is O=C1CCCc2cc(S(=O)(=O)N3CCC[C@H](C(=O)N4CCOCC4)C3)ccc2N1. The van der Waals surface area contributed by atoms with E-state index in [0.717, 1.165) is 5.56 Å². The maximum atomic E-state index is 13.3. The summed E-state index contributed by atoms with van der Waals surface area (Å²) in [7, 11) is -3.69. The van der Waals surface area contributed by atoms with Gasteiger partial charge in [0.25, 0.3) is 0 Å². The fourth-order valence-corrected chi connectivity index (χ4v) is 5.84. The number of nitrogens with zero attached hydrogens (tertiary/aromatic N) is 2. The van der Waals surface area contributed by atoms with Gasteiger partial charge in [0, 0.05) is 38.3 Å². The molecule has 3 heterocycles. The molecule has 0 unspecified atom stereocenters. The average Bonchev–Trinajstić information content (AvgIpc) is 2.93. The van der Waals surface area contributed by atoms with Gasteiger partial charge in [0.1, 0.15) is 0 Å². The molecule has 1 N–H and O–H groups in total. The van der Waals surface area contributed by atoms with Crippen LogP contribution in [0.25, 0.3) is 0 Å². The minimum Gasteiger partial charge on any atom is -0.378 e. The average molecular weight is 422 g/mol. The minimum atomic E-state index is -3.69. The number of carbonyl (C=O) groups is 2. The predicted octanol–water partition coefficient (Wildman–Crippen LogP) is 1.22. The van der Waals surface area contributed by atoms with Gasteiger partial charge in [0.2, 0.25) is 21.8 Å². The molecule has 2 saturated heterocycles. The molecule has 29 heavy (non-hydrogen) atoms. The Kier molecular flexibility index (Phi) is 5.89. The van der Waals surface area contributed by atoms with Crippen molar-refractivity contribution in [3.05, 3.63) is 23.8 Å². The summed E-state index contributed by atoms with van der Waals surface area (Å²) >= 11 is 0. The summed E-state index contributed by atoms with van der Waals surface area (Å²) in [5.74, 6) is -0.325. The summed E-state index contributed by atoms with van der Waals surface area (Å²) in [6.45, 7) is 2.84. The van der Waals surface area contributed by atoms with Crippen molar-refractivity contribution in [2.24, 2.45) is 5.92 Å².